The van der Waals surface area contributed by atoms with E-state index in [2.05, 4.69) is 15.6 Å². The molecule has 3 amide bonds. The quantitative estimate of drug-likeness (QED) is 0.387. The number of rotatable bonds is 4. The first-order valence-corrected chi connectivity index (χ1v) is 14.2. The highest BCUT2D eigenvalue weighted by Crippen LogP contribution is 2.61. The second-order valence-electron chi connectivity index (χ2n) is 10.9. The van der Waals surface area contributed by atoms with Crippen LogP contribution in [-0.4, -0.2) is 57.7 Å². The molecule has 0 saturated carbocycles. The molecule has 6 rings (SSSR count). The molecule has 5 atom stereocenters. The normalized spacial score (nSPS) is 28.8. The first kappa shape index (κ1) is 28.6. The molecule has 1 aromatic carbocycles. The second kappa shape index (κ2) is 10.0. The molecule has 222 valence electrons. The lowest BCUT2D eigenvalue weighted by Crippen LogP contribution is -2.61. The molecular weight excluding hydrogens is 586 g/mol. The van der Waals surface area contributed by atoms with Crippen LogP contribution in [-0.2, 0) is 19.8 Å². The summed E-state index contributed by atoms with van der Waals surface area (Å²) in [5.74, 6) is -7.41. The minimum atomic E-state index is -4.85. The van der Waals surface area contributed by atoms with Crippen molar-refractivity contribution < 1.29 is 40.7 Å². The molecule has 3 aliphatic heterocycles. The van der Waals surface area contributed by atoms with E-state index in [-0.39, 0.29) is 0 Å². The van der Waals surface area contributed by atoms with Gasteiger partial charge >= 0.3 is 6.18 Å². The second-order valence-corrected chi connectivity index (χ2v) is 12.1. The van der Waals surface area contributed by atoms with Gasteiger partial charge in [0, 0.05) is 29.8 Å². The Morgan fingerprint density at radius 3 is 2.71 bits per heavy atom. The van der Waals surface area contributed by atoms with Crippen LogP contribution >= 0.6 is 11.8 Å². The van der Waals surface area contributed by atoms with Gasteiger partial charge in [0.2, 0.25) is 17.7 Å². The van der Waals surface area contributed by atoms with Crippen LogP contribution in [0, 0.1) is 17.5 Å². The van der Waals surface area contributed by atoms with Gasteiger partial charge in [-0.05, 0) is 60.8 Å². The van der Waals surface area contributed by atoms with Gasteiger partial charge in [-0.15, -0.1) is 11.8 Å². The van der Waals surface area contributed by atoms with E-state index in [1.165, 1.54) is 24.9 Å². The van der Waals surface area contributed by atoms with Crippen molar-refractivity contribution in [1.29, 1.82) is 0 Å². The van der Waals surface area contributed by atoms with Gasteiger partial charge in [-0.3, -0.25) is 14.4 Å². The molecule has 14 heteroatoms. The number of amides is 3. The Morgan fingerprint density at radius 2 is 1.98 bits per heavy atom. The van der Waals surface area contributed by atoms with Crippen molar-refractivity contribution in [2.45, 2.75) is 67.4 Å². The summed E-state index contributed by atoms with van der Waals surface area (Å²) in [6, 6.07) is 1.42. The topological polar surface area (TPSA) is 91.4 Å². The zero-order valence-corrected chi connectivity index (χ0v) is 22.8. The summed E-state index contributed by atoms with van der Waals surface area (Å²) >= 11 is 1.17. The zero-order chi connectivity index (χ0) is 30.1. The summed E-state index contributed by atoms with van der Waals surface area (Å²) in [4.78, 5) is 46.4. The van der Waals surface area contributed by atoms with Crippen molar-refractivity contribution >= 4 is 35.3 Å². The average Bonchev–Trinajstić information content (AvgIpc) is 3.59. The number of halogens is 6. The number of pyridine rings is 1. The maximum Gasteiger partial charge on any atom is 0.406 e. The van der Waals surface area contributed by atoms with Crippen molar-refractivity contribution in [3.05, 3.63) is 69.5 Å². The number of likely N-dealkylation sites (tertiary alicyclic amines) is 1. The molecule has 1 saturated heterocycles. The monoisotopic (exact) mass is 610 g/mol. The molecule has 1 fully saturated rings. The molecule has 1 spiro atoms. The van der Waals surface area contributed by atoms with Crippen molar-refractivity contribution in [2.24, 2.45) is 0 Å². The van der Waals surface area contributed by atoms with E-state index in [1.54, 1.807) is 12.1 Å². The van der Waals surface area contributed by atoms with Crippen LogP contribution < -0.4 is 10.6 Å². The lowest BCUT2D eigenvalue weighted by atomic mass is 9.72. The summed E-state index contributed by atoms with van der Waals surface area (Å²) in [6.07, 6.45) is -1.80. The average molecular weight is 611 g/mol. The maximum atomic E-state index is 14.8. The van der Waals surface area contributed by atoms with Gasteiger partial charge in [0.25, 0.3) is 0 Å². The number of allylic oxidation sites excluding steroid dienone is 1. The molecule has 7 nitrogen and oxygen atoms in total. The summed E-state index contributed by atoms with van der Waals surface area (Å²) in [5, 5.41) is 4.17. The predicted molar refractivity (Wildman–Crippen MR) is 140 cm³/mol. The standard InChI is InChI=1S/C28H24F6N4O3S/c1-12-14(15-8-13(29)9-18(30)21(15)31)10-19(25(40)38(12)11-27(32,33)34)36-24(39)22-28(16-4-2-6-20(16)42-22)17-5-3-7-35-23(17)37-26(28)41/h3,5,7-9,12,14,19,22H,2,4,6,10-11H2,1H3,(H,36,39)(H,35,37,41)/t12?,14-,19?,22?,28?/m0/s1. The number of hydrogen-bond acceptors (Lipinski definition) is 5. The number of anilines is 1. The third kappa shape index (κ3) is 4.36. The fraction of sp³-hybridized carbons (Fsp3) is 0.429. The van der Waals surface area contributed by atoms with Crippen molar-refractivity contribution in [3.8, 4) is 0 Å². The highest BCUT2D eigenvalue weighted by atomic mass is 32.2. The van der Waals surface area contributed by atoms with Crippen LogP contribution in [0.5, 0.6) is 0 Å². The lowest BCUT2D eigenvalue weighted by molar-refractivity contribution is -0.171. The molecule has 4 heterocycles. The Kier molecular flexibility index (Phi) is 6.82. The molecule has 0 bridgehead atoms. The molecule has 2 aromatic rings. The highest BCUT2D eigenvalue weighted by molar-refractivity contribution is 8.04. The van der Waals surface area contributed by atoms with Crippen LogP contribution in [0.15, 0.2) is 40.9 Å². The third-order valence-electron chi connectivity index (χ3n) is 8.59. The van der Waals surface area contributed by atoms with Gasteiger partial charge in [0.05, 0.1) is 0 Å². The first-order chi connectivity index (χ1) is 19.8. The number of benzene rings is 1. The van der Waals surface area contributed by atoms with Crippen LogP contribution in [0.25, 0.3) is 0 Å². The number of nitrogens with zero attached hydrogens (tertiary/aromatic N) is 2. The number of nitrogens with one attached hydrogen (secondary N) is 2. The molecule has 4 unspecified atom stereocenters. The maximum absolute atomic E-state index is 14.8. The molecule has 2 N–H and O–H groups in total. The van der Waals surface area contributed by atoms with Gasteiger partial charge < -0.3 is 15.5 Å². The Labute approximate surface area is 240 Å². The first-order valence-electron chi connectivity index (χ1n) is 13.3. The molecule has 1 aliphatic carbocycles. The van der Waals surface area contributed by atoms with E-state index < -0.39 is 88.5 Å². The third-order valence-corrected chi connectivity index (χ3v) is 10.1. The van der Waals surface area contributed by atoms with Gasteiger partial charge in [0.1, 0.15) is 34.9 Å². The molecule has 4 aliphatic rings. The largest absolute Gasteiger partial charge is 0.406 e. The molecule has 42 heavy (non-hydrogen) atoms. The smallest absolute Gasteiger partial charge is 0.343 e. The summed E-state index contributed by atoms with van der Waals surface area (Å²) in [5.41, 5.74) is -0.694. The summed E-state index contributed by atoms with van der Waals surface area (Å²) < 4.78 is 83.7. The molecule has 0 radical (unpaired) electrons. The Bertz CT molecular complexity index is 1550. The number of fused-ring (bicyclic) bond motifs is 3. The van der Waals surface area contributed by atoms with Gasteiger partial charge in [-0.25, -0.2) is 18.2 Å². The van der Waals surface area contributed by atoms with E-state index in [0.717, 1.165) is 16.9 Å². The number of alkyl halides is 3. The Balaban J connectivity index is 1.36. The Morgan fingerprint density at radius 1 is 1.21 bits per heavy atom. The van der Waals surface area contributed by atoms with Crippen LogP contribution in [0.3, 0.4) is 0 Å². The van der Waals surface area contributed by atoms with Crippen LogP contribution in [0.1, 0.15) is 49.7 Å². The van der Waals surface area contributed by atoms with Crippen LogP contribution in [0.2, 0.25) is 0 Å². The van der Waals surface area contributed by atoms with Gasteiger partial charge in [0.15, 0.2) is 11.6 Å². The van der Waals surface area contributed by atoms with E-state index >= 15 is 0 Å². The minimum Gasteiger partial charge on any atom is -0.343 e. The molecular formula is C28H24F6N4O3S. The predicted octanol–water partition coefficient (Wildman–Crippen LogP) is 4.69. The van der Waals surface area contributed by atoms with Crippen molar-refractivity contribution in [1.82, 2.24) is 15.2 Å². The van der Waals surface area contributed by atoms with Crippen molar-refractivity contribution in [2.75, 3.05) is 11.9 Å². The number of carbonyl (C=O) groups is 3. The van der Waals surface area contributed by atoms with E-state index in [4.69, 9.17) is 0 Å². The summed E-state index contributed by atoms with van der Waals surface area (Å²) in [6.45, 7) is -0.480. The summed E-state index contributed by atoms with van der Waals surface area (Å²) in [7, 11) is 0. The minimum absolute atomic E-state index is 0.295. The van der Waals surface area contributed by atoms with Crippen LogP contribution in [0.4, 0.5) is 32.2 Å². The fourth-order valence-electron chi connectivity index (χ4n) is 6.80. The molecule has 1 aromatic heterocycles. The number of hydrogen-bond donors (Lipinski definition) is 2. The van der Waals surface area contributed by atoms with E-state index in [1.807, 2.05) is 0 Å². The van der Waals surface area contributed by atoms with Crippen molar-refractivity contribution in [3.63, 3.8) is 0 Å². The van der Waals surface area contributed by atoms with Gasteiger partial charge in [-0.1, -0.05) is 6.07 Å². The van der Waals surface area contributed by atoms with Gasteiger partial charge in [-0.2, -0.15) is 13.2 Å². The highest BCUT2D eigenvalue weighted by Gasteiger charge is 2.63. The number of carbonyl (C=O) groups excluding carboxylic acids is 3. The zero-order valence-electron chi connectivity index (χ0n) is 22.0. The van der Waals surface area contributed by atoms with E-state index in [0.29, 0.717) is 41.3 Å². The van der Waals surface area contributed by atoms with E-state index in [9.17, 15) is 40.7 Å². The number of piperidine rings is 1. The fourth-order valence-corrected chi connectivity index (χ4v) is 8.48. The number of thioether (sulfide) groups is 1. The lowest BCUT2D eigenvalue weighted by Gasteiger charge is -2.44. The SMILES string of the molecule is CC1[C@@H](c2cc(F)cc(F)c2F)CC(NC(=O)C2SC3=C(CCC3)C23C(=O)Nc2ncccc23)C(=O)N1CC(F)(F)F. The Hall–Kier alpha value is -3.55. The number of aromatic nitrogens is 1.